The highest BCUT2D eigenvalue weighted by atomic mass is 16.5. The van der Waals surface area contributed by atoms with E-state index in [-0.39, 0.29) is 24.0 Å². The van der Waals surface area contributed by atoms with Gasteiger partial charge in [-0.25, -0.2) is 0 Å². The molecule has 2 aliphatic carbocycles. The number of benzene rings is 12. The molecule has 12 aromatic carbocycles. The molecule has 402 valence electrons. The zero-order chi connectivity index (χ0) is 56.0. The molecule has 0 bridgehead atoms. The summed E-state index contributed by atoms with van der Waals surface area (Å²) in [6, 6.07) is 100. The van der Waals surface area contributed by atoms with E-state index < -0.39 is 0 Å². The fourth-order valence-corrected chi connectivity index (χ4v) is 13.9. The molecule has 0 spiro atoms. The summed E-state index contributed by atoms with van der Waals surface area (Å²) in [6.45, 7) is 0. The molecule has 17 rings (SSSR count). The smallest absolute Gasteiger partial charge is 0.159 e. The van der Waals surface area contributed by atoms with E-state index in [1.54, 1.807) is 0 Å². The quantitative estimate of drug-likeness (QED) is 0.136. The van der Waals surface area contributed by atoms with Crippen LogP contribution in [0, 0.1) is 0 Å². The van der Waals surface area contributed by atoms with Crippen LogP contribution in [0.2, 0.25) is 0 Å². The number of allylic oxidation sites excluding steroid dienone is 2. The summed E-state index contributed by atoms with van der Waals surface area (Å²) in [4.78, 5) is 4.86. The molecule has 85 heavy (non-hydrogen) atoms. The van der Waals surface area contributed by atoms with Crippen molar-refractivity contribution in [3.05, 3.63) is 331 Å². The first-order chi connectivity index (χ1) is 42.2. The number of anilines is 5. The number of rotatable bonds is 10. The van der Waals surface area contributed by atoms with Crippen LogP contribution in [0.4, 0.5) is 28.4 Å². The Balaban J connectivity index is 0.871. The number of fused-ring (bicyclic) bond motifs is 13. The molecule has 5 nitrogen and oxygen atoms in total. The van der Waals surface area contributed by atoms with Gasteiger partial charge in [-0.1, -0.05) is 255 Å². The van der Waals surface area contributed by atoms with Crippen LogP contribution in [-0.4, -0.2) is 6.10 Å². The van der Waals surface area contributed by atoms with Gasteiger partial charge in [-0.3, -0.25) is 0 Å². The summed E-state index contributed by atoms with van der Waals surface area (Å²) in [7, 11) is 0. The largest absolute Gasteiger partial charge is 0.484 e. The average Bonchev–Trinajstić information content (AvgIpc) is 1.98. The monoisotopic (exact) mass is 1090 g/mol. The second kappa shape index (κ2) is 19.9. The van der Waals surface area contributed by atoms with Crippen LogP contribution in [0.1, 0.15) is 45.8 Å². The molecule has 2 aliphatic heterocycles. The summed E-state index contributed by atoms with van der Waals surface area (Å²) >= 11 is 0. The molecule has 0 radical (unpaired) electrons. The molecule has 4 unspecified atom stereocenters. The number of furan rings is 1. The summed E-state index contributed by atoms with van der Waals surface area (Å²) in [5.74, 6) is 1.64. The summed E-state index contributed by atoms with van der Waals surface area (Å²) < 4.78 is 22.1. The first kappa shape index (κ1) is 48.8. The first-order valence-electron chi connectivity index (χ1n) is 29.4. The van der Waals surface area contributed by atoms with Crippen molar-refractivity contribution in [2.75, 3.05) is 9.80 Å². The summed E-state index contributed by atoms with van der Waals surface area (Å²) in [6.07, 6.45) is 8.72. The van der Waals surface area contributed by atoms with Crippen molar-refractivity contribution in [2.24, 2.45) is 0 Å². The van der Waals surface area contributed by atoms with Gasteiger partial charge in [0, 0.05) is 78.1 Å². The van der Waals surface area contributed by atoms with Gasteiger partial charge in [-0.2, -0.15) is 0 Å². The lowest BCUT2D eigenvalue weighted by atomic mass is 9.81. The molecular formula is C80H54N2O3. The van der Waals surface area contributed by atoms with Gasteiger partial charge in [0.2, 0.25) is 0 Å². The molecule has 0 saturated heterocycles. The Morgan fingerprint density at radius 1 is 0.318 bits per heavy atom. The van der Waals surface area contributed by atoms with Crippen molar-refractivity contribution >= 4 is 72.4 Å². The van der Waals surface area contributed by atoms with Crippen molar-refractivity contribution < 1.29 is 13.9 Å². The van der Waals surface area contributed by atoms with E-state index in [2.05, 4.69) is 313 Å². The molecule has 13 aromatic rings. The molecule has 0 amide bonds. The minimum Gasteiger partial charge on any atom is -0.484 e. The van der Waals surface area contributed by atoms with Crippen molar-refractivity contribution in [2.45, 2.75) is 24.0 Å². The molecule has 0 N–H and O–H groups in total. The maximum atomic E-state index is 7.48. The van der Waals surface area contributed by atoms with Crippen molar-refractivity contribution in [1.82, 2.24) is 0 Å². The van der Waals surface area contributed by atoms with E-state index in [0.29, 0.717) is 0 Å². The minimum atomic E-state index is -0.297. The number of para-hydroxylation sites is 3. The third kappa shape index (κ3) is 7.99. The van der Waals surface area contributed by atoms with E-state index in [4.69, 9.17) is 13.9 Å². The van der Waals surface area contributed by atoms with Gasteiger partial charge in [-0.05, 0) is 81.9 Å². The van der Waals surface area contributed by atoms with Gasteiger partial charge >= 0.3 is 0 Å². The zero-order valence-electron chi connectivity index (χ0n) is 46.3. The maximum absolute atomic E-state index is 7.48. The molecule has 5 heteroatoms. The van der Waals surface area contributed by atoms with E-state index in [0.717, 1.165) is 123 Å². The lowest BCUT2D eigenvalue weighted by molar-refractivity contribution is 0.225. The van der Waals surface area contributed by atoms with Crippen molar-refractivity contribution in [3.8, 4) is 44.9 Å². The third-order valence-corrected chi connectivity index (χ3v) is 17.8. The van der Waals surface area contributed by atoms with Crippen LogP contribution < -0.4 is 19.3 Å². The van der Waals surface area contributed by atoms with E-state index in [9.17, 15) is 0 Å². The maximum Gasteiger partial charge on any atom is 0.159 e. The van der Waals surface area contributed by atoms with Gasteiger partial charge in [-0.15, -0.1) is 0 Å². The Bertz CT molecular complexity index is 4840. The Hall–Kier alpha value is -10.9. The normalized spacial score (nSPS) is 17.0. The Kier molecular flexibility index (Phi) is 11.4. The van der Waals surface area contributed by atoms with Gasteiger partial charge in [0.05, 0.1) is 22.8 Å². The summed E-state index contributed by atoms with van der Waals surface area (Å²) in [5, 5.41) is 4.24. The van der Waals surface area contributed by atoms with Crippen molar-refractivity contribution in [1.29, 1.82) is 0 Å². The second-order valence-electron chi connectivity index (χ2n) is 22.5. The highest BCUT2D eigenvalue weighted by molar-refractivity contribution is 6.15. The van der Waals surface area contributed by atoms with Gasteiger partial charge in [0.25, 0.3) is 0 Å². The SMILES string of the molecule is C1=CC2c3cccc(N(C4=CC5c6cc(N(c7ccc(-c8ccccc8)cc7)c7cccc8c7oc7c(-c9ccccc9)cccc78)c7ccccc7c6OC5c5ccccc54)c4ccc(-c5ccccc5)cc4)c3OC2C(c2ccccc2)=C1. The molecule has 0 saturated carbocycles. The molecule has 0 fully saturated rings. The predicted molar refractivity (Wildman–Crippen MR) is 348 cm³/mol. The number of hydrogen-bond acceptors (Lipinski definition) is 5. The fourth-order valence-electron chi connectivity index (χ4n) is 13.9. The Labute approximate surface area is 493 Å². The molecule has 4 aliphatic rings. The predicted octanol–water partition coefficient (Wildman–Crippen LogP) is 21.1. The number of hydrogen-bond donors (Lipinski definition) is 0. The molecule has 4 atom stereocenters. The Morgan fingerprint density at radius 3 is 1.54 bits per heavy atom. The van der Waals surface area contributed by atoms with E-state index in [1.807, 2.05) is 0 Å². The first-order valence-corrected chi connectivity index (χ1v) is 29.4. The van der Waals surface area contributed by atoms with Crippen LogP contribution in [0.5, 0.6) is 11.5 Å². The molecule has 1 aromatic heterocycles. The van der Waals surface area contributed by atoms with E-state index in [1.165, 1.54) is 22.3 Å². The van der Waals surface area contributed by atoms with Gasteiger partial charge in [0.15, 0.2) is 5.58 Å². The fraction of sp³-hybridized carbons (Fsp3) is 0.0500. The highest BCUT2D eigenvalue weighted by Gasteiger charge is 2.44. The average molecular weight is 1090 g/mol. The van der Waals surface area contributed by atoms with Crippen LogP contribution in [-0.2, 0) is 0 Å². The van der Waals surface area contributed by atoms with Gasteiger partial charge < -0.3 is 23.7 Å². The standard InChI is InChI=1S/C80H54N2O3/c1-5-21-51(22-6-1)53-41-45-57(46-42-53)81(71-39-19-37-67-65-35-17-33-59(75(65)84-79(67)71)55-25-9-3-10-26-55)73-49-69-70-50-74(62-30-14-16-32-64(62)78(70)83-77(69)63-31-15-13-29-61(63)73)82(58-47-43-54(44-48-58)52-23-7-2-8-24-52)72-40-20-38-68-66-36-18-34-60(76(66)85-80(68)72)56-27-11-4-12-28-56/h1-50,65,69,75,77H. The van der Waals surface area contributed by atoms with Crippen LogP contribution >= 0.6 is 0 Å². The number of nitrogens with zero attached hydrogens (tertiary/aromatic N) is 2. The van der Waals surface area contributed by atoms with E-state index >= 15 is 0 Å². The summed E-state index contributed by atoms with van der Waals surface area (Å²) in [5.41, 5.74) is 21.4. The van der Waals surface area contributed by atoms with Crippen molar-refractivity contribution in [3.63, 3.8) is 0 Å². The van der Waals surface area contributed by atoms with Crippen LogP contribution in [0.25, 0.3) is 77.4 Å². The lowest BCUT2D eigenvalue weighted by Gasteiger charge is -2.35. The number of ether oxygens (including phenoxy) is 2. The van der Waals surface area contributed by atoms with Crippen LogP contribution in [0.15, 0.2) is 308 Å². The second-order valence-corrected chi connectivity index (χ2v) is 22.5. The Morgan fingerprint density at radius 2 is 0.835 bits per heavy atom. The highest BCUT2D eigenvalue weighted by Crippen LogP contribution is 2.60. The zero-order valence-corrected chi connectivity index (χ0v) is 46.3. The minimum absolute atomic E-state index is 0.0464. The topological polar surface area (TPSA) is 38.1 Å². The van der Waals surface area contributed by atoms with Gasteiger partial charge in [0.1, 0.15) is 29.3 Å². The third-order valence-electron chi connectivity index (χ3n) is 17.8. The molecule has 3 heterocycles. The lowest BCUT2D eigenvalue weighted by Crippen LogP contribution is -2.24. The molecular weight excluding hydrogens is 1040 g/mol. The van der Waals surface area contributed by atoms with Crippen LogP contribution in [0.3, 0.4) is 0 Å².